The molecule has 0 unspecified atom stereocenters. The van der Waals surface area contributed by atoms with Gasteiger partial charge in [-0.05, 0) is 30.5 Å². The highest BCUT2D eigenvalue weighted by atomic mass is 35.5. The van der Waals surface area contributed by atoms with Gasteiger partial charge in [0, 0.05) is 18.1 Å². The van der Waals surface area contributed by atoms with Crippen LogP contribution in [0, 0.1) is 0 Å². The van der Waals surface area contributed by atoms with Crippen LogP contribution in [0.1, 0.15) is 24.8 Å². The van der Waals surface area contributed by atoms with Crippen LogP contribution in [-0.4, -0.2) is 35.6 Å². The van der Waals surface area contributed by atoms with Crippen LogP contribution >= 0.6 is 11.6 Å². The Hall–Kier alpha value is -1.32. The van der Waals surface area contributed by atoms with Crippen molar-refractivity contribution in [2.24, 2.45) is 0 Å². The van der Waals surface area contributed by atoms with E-state index in [0.717, 1.165) is 24.8 Å². The molecule has 4 heteroatoms. The van der Waals surface area contributed by atoms with Gasteiger partial charge in [-0.1, -0.05) is 36.2 Å². The lowest BCUT2D eigenvalue weighted by atomic mass is 9.63. The Kier molecular flexibility index (Phi) is 4.84. The van der Waals surface area contributed by atoms with Gasteiger partial charge in [0.1, 0.15) is 0 Å². The summed E-state index contributed by atoms with van der Waals surface area (Å²) in [4.78, 5) is 14.5. The third-order valence-electron chi connectivity index (χ3n) is 4.00. The lowest BCUT2D eigenvalue weighted by Gasteiger charge is -2.43. The van der Waals surface area contributed by atoms with E-state index in [1.807, 2.05) is 24.3 Å². The summed E-state index contributed by atoms with van der Waals surface area (Å²) in [6, 6.07) is 7.55. The Morgan fingerprint density at radius 2 is 2.25 bits per heavy atom. The van der Waals surface area contributed by atoms with Gasteiger partial charge in [-0.15, -0.1) is 6.58 Å². The van der Waals surface area contributed by atoms with Gasteiger partial charge >= 0.3 is 0 Å². The number of carbonyl (C=O) groups is 1. The first kappa shape index (κ1) is 15.1. The Bertz CT molecular complexity index is 497. The topological polar surface area (TPSA) is 40.5 Å². The first-order valence-corrected chi connectivity index (χ1v) is 7.29. The highest BCUT2D eigenvalue weighted by molar-refractivity contribution is 6.30. The van der Waals surface area contributed by atoms with Crippen molar-refractivity contribution < 1.29 is 9.90 Å². The fraction of sp³-hybridized carbons (Fsp3) is 0.438. The van der Waals surface area contributed by atoms with Gasteiger partial charge in [0.05, 0.1) is 12.0 Å². The largest absolute Gasteiger partial charge is 0.395 e. The molecule has 0 aromatic heterocycles. The summed E-state index contributed by atoms with van der Waals surface area (Å²) < 4.78 is 0. The smallest absolute Gasteiger partial charge is 0.233 e. The molecule has 1 aromatic carbocycles. The van der Waals surface area contributed by atoms with Crippen molar-refractivity contribution in [1.82, 2.24) is 4.90 Å². The molecule has 1 N–H and O–H groups in total. The van der Waals surface area contributed by atoms with Crippen molar-refractivity contribution in [2.45, 2.75) is 24.7 Å². The molecule has 0 heterocycles. The van der Waals surface area contributed by atoms with E-state index in [4.69, 9.17) is 16.7 Å². The lowest BCUT2D eigenvalue weighted by Crippen LogP contribution is -2.51. The third kappa shape index (κ3) is 2.74. The summed E-state index contributed by atoms with van der Waals surface area (Å²) in [7, 11) is 0. The monoisotopic (exact) mass is 293 g/mol. The fourth-order valence-corrected chi connectivity index (χ4v) is 2.99. The van der Waals surface area contributed by atoms with Gasteiger partial charge in [-0.2, -0.15) is 0 Å². The number of aliphatic hydroxyl groups is 1. The van der Waals surface area contributed by atoms with Crippen LogP contribution in [0.4, 0.5) is 0 Å². The Morgan fingerprint density at radius 3 is 2.75 bits per heavy atom. The molecule has 0 bridgehead atoms. The molecule has 0 radical (unpaired) electrons. The number of amides is 1. The molecule has 2 rings (SSSR count). The second kappa shape index (κ2) is 6.42. The number of rotatable bonds is 6. The molecule has 3 nitrogen and oxygen atoms in total. The Balaban J connectivity index is 2.30. The number of halogens is 1. The first-order chi connectivity index (χ1) is 9.64. The molecule has 1 saturated carbocycles. The van der Waals surface area contributed by atoms with Crippen LogP contribution in [0.5, 0.6) is 0 Å². The zero-order valence-electron chi connectivity index (χ0n) is 11.5. The van der Waals surface area contributed by atoms with E-state index in [1.54, 1.807) is 11.0 Å². The van der Waals surface area contributed by atoms with E-state index in [9.17, 15) is 4.79 Å². The number of nitrogens with zero attached hydrogens (tertiary/aromatic N) is 1. The van der Waals surface area contributed by atoms with Crippen molar-refractivity contribution in [3.05, 3.63) is 47.5 Å². The summed E-state index contributed by atoms with van der Waals surface area (Å²) in [5.74, 6) is 0.0694. The quantitative estimate of drug-likeness (QED) is 0.819. The zero-order chi connectivity index (χ0) is 14.6. The standard InChI is InChI=1S/C16H20ClNO2/c1-2-9-18(10-11-19)15(20)16(7-4-8-16)13-5-3-6-14(17)12-13/h2-3,5-6,12,19H,1,4,7-11H2. The maximum absolute atomic E-state index is 12.9. The Morgan fingerprint density at radius 1 is 1.50 bits per heavy atom. The van der Waals surface area contributed by atoms with E-state index in [2.05, 4.69) is 6.58 Å². The van der Waals surface area contributed by atoms with E-state index >= 15 is 0 Å². The average molecular weight is 294 g/mol. The highest BCUT2D eigenvalue weighted by Crippen LogP contribution is 2.45. The van der Waals surface area contributed by atoms with E-state index in [0.29, 0.717) is 18.1 Å². The predicted octanol–water partition coefficient (Wildman–Crippen LogP) is 2.77. The molecular weight excluding hydrogens is 274 g/mol. The highest BCUT2D eigenvalue weighted by Gasteiger charge is 2.47. The minimum Gasteiger partial charge on any atom is -0.395 e. The molecule has 0 spiro atoms. The van der Waals surface area contributed by atoms with Crippen molar-refractivity contribution in [3.63, 3.8) is 0 Å². The number of hydrogen-bond donors (Lipinski definition) is 1. The molecule has 20 heavy (non-hydrogen) atoms. The van der Waals surface area contributed by atoms with Crippen LogP contribution in [0.3, 0.4) is 0 Å². The summed E-state index contributed by atoms with van der Waals surface area (Å²) >= 11 is 6.06. The van der Waals surface area contributed by atoms with E-state index < -0.39 is 5.41 Å². The van der Waals surface area contributed by atoms with Crippen molar-refractivity contribution in [2.75, 3.05) is 19.7 Å². The average Bonchev–Trinajstić information content (AvgIpc) is 2.37. The molecule has 1 aliphatic rings. The summed E-state index contributed by atoms with van der Waals surface area (Å²) in [6.07, 6.45) is 4.41. The van der Waals surface area contributed by atoms with Crippen molar-refractivity contribution in [1.29, 1.82) is 0 Å². The predicted molar refractivity (Wildman–Crippen MR) is 80.8 cm³/mol. The summed E-state index contributed by atoms with van der Waals surface area (Å²) in [6.45, 7) is 4.45. The fourth-order valence-electron chi connectivity index (χ4n) is 2.80. The molecule has 108 valence electrons. The number of hydrogen-bond acceptors (Lipinski definition) is 2. The van der Waals surface area contributed by atoms with Crippen LogP contribution in [0.2, 0.25) is 5.02 Å². The molecule has 1 amide bonds. The van der Waals surface area contributed by atoms with Gasteiger partial charge in [0.15, 0.2) is 0 Å². The molecule has 0 saturated heterocycles. The van der Waals surface area contributed by atoms with Crippen LogP contribution in [0.15, 0.2) is 36.9 Å². The molecule has 1 aromatic rings. The SMILES string of the molecule is C=CCN(CCO)C(=O)C1(c2cccc(Cl)c2)CCC1. The van der Waals surface area contributed by atoms with Gasteiger partial charge < -0.3 is 10.0 Å². The van der Waals surface area contributed by atoms with E-state index in [1.165, 1.54) is 0 Å². The third-order valence-corrected chi connectivity index (χ3v) is 4.24. The van der Waals surface area contributed by atoms with Gasteiger partial charge in [0.2, 0.25) is 5.91 Å². The van der Waals surface area contributed by atoms with Crippen LogP contribution in [-0.2, 0) is 10.2 Å². The van der Waals surface area contributed by atoms with Crippen LogP contribution in [0.25, 0.3) is 0 Å². The Labute approximate surface area is 124 Å². The molecule has 0 aliphatic heterocycles. The lowest BCUT2D eigenvalue weighted by molar-refractivity contribution is -0.140. The second-order valence-electron chi connectivity index (χ2n) is 5.21. The second-order valence-corrected chi connectivity index (χ2v) is 5.65. The summed E-state index contributed by atoms with van der Waals surface area (Å²) in [5.41, 5.74) is 0.511. The molecule has 0 atom stereocenters. The summed E-state index contributed by atoms with van der Waals surface area (Å²) in [5, 5.41) is 9.79. The first-order valence-electron chi connectivity index (χ1n) is 6.91. The van der Waals surface area contributed by atoms with Crippen molar-refractivity contribution >= 4 is 17.5 Å². The maximum Gasteiger partial charge on any atom is 0.233 e. The molecule has 1 fully saturated rings. The number of aliphatic hydroxyl groups excluding tert-OH is 1. The number of benzene rings is 1. The van der Waals surface area contributed by atoms with Crippen molar-refractivity contribution in [3.8, 4) is 0 Å². The van der Waals surface area contributed by atoms with Gasteiger partial charge in [0.25, 0.3) is 0 Å². The van der Waals surface area contributed by atoms with E-state index in [-0.39, 0.29) is 12.5 Å². The minimum absolute atomic E-state index is 0.0365. The zero-order valence-corrected chi connectivity index (χ0v) is 12.3. The van der Waals surface area contributed by atoms with Gasteiger partial charge in [-0.25, -0.2) is 0 Å². The molecule has 1 aliphatic carbocycles. The molecular formula is C16H20ClNO2. The minimum atomic E-state index is -0.469. The van der Waals surface area contributed by atoms with Gasteiger partial charge in [-0.3, -0.25) is 4.79 Å². The number of carbonyl (C=O) groups excluding carboxylic acids is 1. The normalized spacial score (nSPS) is 16.3. The van der Waals surface area contributed by atoms with Crippen LogP contribution < -0.4 is 0 Å². The maximum atomic E-state index is 12.9.